The van der Waals surface area contributed by atoms with Gasteiger partial charge in [0.05, 0.1) is 0 Å². The summed E-state index contributed by atoms with van der Waals surface area (Å²) in [6.07, 6.45) is 17.5. The van der Waals surface area contributed by atoms with Crippen molar-refractivity contribution in [3.8, 4) is 0 Å². The highest BCUT2D eigenvalue weighted by Gasteiger charge is 1.91. The van der Waals surface area contributed by atoms with Crippen molar-refractivity contribution >= 4 is 22.6 Å². The van der Waals surface area contributed by atoms with Crippen molar-refractivity contribution in [2.24, 2.45) is 0 Å². The predicted molar refractivity (Wildman–Crippen MR) is 81.3 cm³/mol. The Kier molecular flexibility index (Phi) is 15.8. The Bertz CT molecular complexity index is 146. The molecule has 1 nitrogen and oxygen atoms in total. The molecule has 0 heterocycles. The standard InChI is InChI=1S/C14H27IO/c15-13-11-9-7-5-3-1-2-4-6-8-10-12-14-16/h8,10,16H,1-7,9,11-14H2/b10-8-. The molecule has 0 saturated heterocycles. The van der Waals surface area contributed by atoms with E-state index in [0.717, 1.165) is 6.42 Å². The normalized spacial score (nSPS) is 11.4. The fourth-order valence-corrected chi connectivity index (χ4v) is 2.27. The number of aliphatic hydroxyl groups excluding tert-OH is 1. The van der Waals surface area contributed by atoms with Gasteiger partial charge in [-0.15, -0.1) is 0 Å². The van der Waals surface area contributed by atoms with Crippen LogP contribution in [0.25, 0.3) is 0 Å². The van der Waals surface area contributed by atoms with Gasteiger partial charge < -0.3 is 5.11 Å². The molecule has 2 heteroatoms. The van der Waals surface area contributed by atoms with Crippen LogP contribution in [0, 0.1) is 0 Å². The topological polar surface area (TPSA) is 20.2 Å². The van der Waals surface area contributed by atoms with Crippen LogP contribution in [0.4, 0.5) is 0 Å². The SMILES string of the molecule is OCC/C=C\CCCCCCCCCCI. The minimum atomic E-state index is 0.285. The lowest BCUT2D eigenvalue weighted by molar-refractivity contribution is 0.302. The largest absolute Gasteiger partial charge is 0.396 e. The second-order valence-corrected chi connectivity index (χ2v) is 5.37. The summed E-state index contributed by atoms with van der Waals surface area (Å²) in [6.45, 7) is 0.285. The third-order valence-corrected chi connectivity index (χ3v) is 3.48. The zero-order valence-corrected chi connectivity index (χ0v) is 12.6. The van der Waals surface area contributed by atoms with Gasteiger partial charge in [-0.1, -0.05) is 73.3 Å². The van der Waals surface area contributed by atoms with Crippen LogP contribution in [0.2, 0.25) is 0 Å². The summed E-state index contributed by atoms with van der Waals surface area (Å²) in [5.74, 6) is 0. The van der Waals surface area contributed by atoms with Crippen molar-refractivity contribution in [2.45, 2.75) is 64.2 Å². The average molecular weight is 338 g/mol. The maximum Gasteiger partial charge on any atom is 0.0465 e. The van der Waals surface area contributed by atoms with Crippen LogP contribution in [0.1, 0.15) is 64.2 Å². The van der Waals surface area contributed by atoms with E-state index >= 15 is 0 Å². The van der Waals surface area contributed by atoms with E-state index in [1.54, 1.807) is 0 Å². The Balaban J connectivity index is 2.93. The lowest BCUT2D eigenvalue weighted by atomic mass is 10.1. The number of unbranched alkanes of at least 4 members (excludes halogenated alkanes) is 8. The van der Waals surface area contributed by atoms with E-state index in [0.29, 0.717) is 0 Å². The van der Waals surface area contributed by atoms with Crippen LogP contribution in [0.5, 0.6) is 0 Å². The zero-order valence-electron chi connectivity index (χ0n) is 10.5. The Hall–Kier alpha value is 0.430. The van der Waals surface area contributed by atoms with Crippen LogP contribution in [-0.4, -0.2) is 16.1 Å². The van der Waals surface area contributed by atoms with Crippen molar-refractivity contribution in [3.05, 3.63) is 12.2 Å². The van der Waals surface area contributed by atoms with Gasteiger partial charge >= 0.3 is 0 Å². The molecule has 0 unspecified atom stereocenters. The van der Waals surface area contributed by atoms with Crippen molar-refractivity contribution in [3.63, 3.8) is 0 Å². The molecule has 0 amide bonds. The quantitative estimate of drug-likeness (QED) is 0.233. The summed E-state index contributed by atoms with van der Waals surface area (Å²) >= 11 is 2.46. The highest BCUT2D eigenvalue weighted by atomic mass is 127. The van der Waals surface area contributed by atoms with Gasteiger partial charge in [-0.25, -0.2) is 0 Å². The van der Waals surface area contributed by atoms with Crippen molar-refractivity contribution in [2.75, 3.05) is 11.0 Å². The summed E-state index contributed by atoms with van der Waals surface area (Å²) in [7, 11) is 0. The maximum absolute atomic E-state index is 8.58. The molecule has 0 bridgehead atoms. The Morgan fingerprint density at radius 3 is 1.75 bits per heavy atom. The van der Waals surface area contributed by atoms with Crippen LogP contribution in [-0.2, 0) is 0 Å². The minimum Gasteiger partial charge on any atom is -0.396 e. The molecule has 1 N–H and O–H groups in total. The number of allylic oxidation sites excluding steroid dienone is 1. The van der Waals surface area contributed by atoms with Crippen molar-refractivity contribution in [1.82, 2.24) is 0 Å². The van der Waals surface area contributed by atoms with E-state index in [4.69, 9.17) is 5.11 Å². The van der Waals surface area contributed by atoms with Gasteiger partial charge in [0.25, 0.3) is 0 Å². The van der Waals surface area contributed by atoms with Crippen LogP contribution in [0.3, 0.4) is 0 Å². The molecule has 0 aliphatic heterocycles. The van der Waals surface area contributed by atoms with E-state index in [-0.39, 0.29) is 6.61 Å². The van der Waals surface area contributed by atoms with Gasteiger partial charge in [0.1, 0.15) is 0 Å². The molecule has 0 spiro atoms. The molecule has 0 fully saturated rings. The molecule has 0 aliphatic carbocycles. The van der Waals surface area contributed by atoms with Gasteiger partial charge in [-0.3, -0.25) is 0 Å². The summed E-state index contributed by atoms with van der Waals surface area (Å²) in [6, 6.07) is 0. The van der Waals surface area contributed by atoms with Gasteiger partial charge in [0, 0.05) is 6.61 Å². The summed E-state index contributed by atoms with van der Waals surface area (Å²) in [4.78, 5) is 0. The second-order valence-electron chi connectivity index (χ2n) is 4.29. The molecule has 0 rings (SSSR count). The smallest absolute Gasteiger partial charge is 0.0465 e. The van der Waals surface area contributed by atoms with Crippen LogP contribution >= 0.6 is 22.6 Å². The van der Waals surface area contributed by atoms with Gasteiger partial charge in [0.15, 0.2) is 0 Å². The average Bonchev–Trinajstić information content (AvgIpc) is 2.31. The maximum atomic E-state index is 8.58. The third-order valence-electron chi connectivity index (χ3n) is 2.72. The fraction of sp³-hybridized carbons (Fsp3) is 0.857. The molecule has 0 aromatic rings. The lowest BCUT2D eigenvalue weighted by Crippen LogP contribution is -1.81. The van der Waals surface area contributed by atoms with E-state index in [2.05, 4.69) is 34.7 Å². The highest BCUT2D eigenvalue weighted by molar-refractivity contribution is 14.1. The molecule has 96 valence electrons. The fourth-order valence-electron chi connectivity index (χ4n) is 1.73. The molecular weight excluding hydrogens is 311 g/mol. The van der Waals surface area contributed by atoms with Gasteiger partial charge in [0.2, 0.25) is 0 Å². The molecular formula is C14H27IO. The number of rotatable bonds is 12. The zero-order chi connectivity index (χ0) is 11.9. The molecule has 0 aromatic heterocycles. The second kappa shape index (κ2) is 15.4. The summed E-state index contributed by atoms with van der Waals surface area (Å²) < 4.78 is 1.32. The number of hydrogen-bond acceptors (Lipinski definition) is 1. The van der Waals surface area contributed by atoms with E-state index in [1.807, 2.05) is 0 Å². The Labute approximate surface area is 115 Å². The van der Waals surface area contributed by atoms with Crippen molar-refractivity contribution < 1.29 is 5.11 Å². The first kappa shape index (κ1) is 16.4. The number of aliphatic hydroxyl groups is 1. The minimum absolute atomic E-state index is 0.285. The van der Waals surface area contributed by atoms with E-state index < -0.39 is 0 Å². The van der Waals surface area contributed by atoms with Gasteiger partial charge in [-0.05, 0) is 30.1 Å². The molecule has 0 aromatic carbocycles. The number of alkyl halides is 1. The summed E-state index contributed by atoms with van der Waals surface area (Å²) in [5.41, 5.74) is 0. The monoisotopic (exact) mass is 338 g/mol. The van der Waals surface area contributed by atoms with E-state index in [1.165, 1.54) is 62.2 Å². The first-order valence-corrected chi connectivity index (χ1v) is 8.26. The molecule has 0 atom stereocenters. The number of halogens is 1. The first-order valence-electron chi connectivity index (χ1n) is 6.73. The van der Waals surface area contributed by atoms with Crippen molar-refractivity contribution in [1.29, 1.82) is 0 Å². The molecule has 0 saturated carbocycles. The summed E-state index contributed by atoms with van der Waals surface area (Å²) in [5, 5.41) is 8.58. The van der Waals surface area contributed by atoms with Gasteiger partial charge in [-0.2, -0.15) is 0 Å². The molecule has 0 aliphatic rings. The van der Waals surface area contributed by atoms with Crippen LogP contribution < -0.4 is 0 Å². The molecule has 0 radical (unpaired) electrons. The third kappa shape index (κ3) is 14.4. The lowest BCUT2D eigenvalue weighted by Gasteiger charge is -2.00. The highest BCUT2D eigenvalue weighted by Crippen LogP contribution is 2.10. The van der Waals surface area contributed by atoms with Crippen LogP contribution in [0.15, 0.2) is 12.2 Å². The Morgan fingerprint density at radius 2 is 1.19 bits per heavy atom. The molecule has 16 heavy (non-hydrogen) atoms. The predicted octanol–water partition coefficient (Wildman–Crippen LogP) is 4.87. The number of hydrogen-bond donors (Lipinski definition) is 1. The van der Waals surface area contributed by atoms with E-state index in [9.17, 15) is 0 Å². The Morgan fingerprint density at radius 1 is 0.688 bits per heavy atom. The first-order chi connectivity index (χ1) is 7.91.